The second kappa shape index (κ2) is 10.3. The van der Waals surface area contributed by atoms with Gasteiger partial charge < -0.3 is 9.57 Å². The van der Waals surface area contributed by atoms with Crippen LogP contribution in [0.1, 0.15) is 22.3 Å². The summed E-state index contributed by atoms with van der Waals surface area (Å²) < 4.78 is 6.77. The van der Waals surface area contributed by atoms with E-state index in [1.165, 1.54) is 6.21 Å². The number of benzene rings is 3. The van der Waals surface area contributed by atoms with Crippen LogP contribution in [0.4, 0.5) is 0 Å². The molecule has 146 valence electrons. The molecule has 0 aliphatic heterocycles. The Labute approximate surface area is 187 Å². The lowest BCUT2D eigenvalue weighted by molar-refractivity contribution is 0.132. The molecule has 3 rings (SSSR count). The van der Waals surface area contributed by atoms with E-state index in [1.807, 2.05) is 36.4 Å². The fourth-order valence-electron chi connectivity index (χ4n) is 2.49. The van der Waals surface area contributed by atoms with Gasteiger partial charge in [0.25, 0.3) is 0 Å². The highest BCUT2D eigenvalue weighted by molar-refractivity contribution is 9.10. The lowest BCUT2D eigenvalue weighted by Gasteiger charge is -2.11. The number of hydrogen-bond donors (Lipinski definition) is 0. The summed E-state index contributed by atoms with van der Waals surface area (Å²) in [5.74, 6) is 0.414. The van der Waals surface area contributed by atoms with Crippen molar-refractivity contribution in [1.82, 2.24) is 0 Å². The maximum Gasteiger partial charge on any atom is 0.157 e. The van der Waals surface area contributed by atoms with Gasteiger partial charge in [0.05, 0.1) is 27.9 Å². The molecule has 3 aromatic rings. The van der Waals surface area contributed by atoms with E-state index in [2.05, 4.69) is 27.2 Å². The maximum atomic E-state index is 9.08. The average Bonchev–Trinajstić information content (AvgIpc) is 2.72. The standard InChI is InChI=1S/C22H15BrCl2N2O2/c23-19-7-5-15(6-8-19)13-28-22-20(24)9-16(10-21(22)25)12-27-29-14-18-4-2-1-3-17(18)11-26/h1-10,12H,13-14H2/b27-12-. The van der Waals surface area contributed by atoms with Crippen molar-refractivity contribution in [2.24, 2.45) is 5.16 Å². The average molecular weight is 490 g/mol. The van der Waals surface area contributed by atoms with Crippen molar-refractivity contribution in [2.45, 2.75) is 13.2 Å². The summed E-state index contributed by atoms with van der Waals surface area (Å²) in [6.45, 7) is 0.539. The van der Waals surface area contributed by atoms with Gasteiger partial charge >= 0.3 is 0 Å². The Morgan fingerprint density at radius 3 is 2.38 bits per heavy atom. The van der Waals surface area contributed by atoms with E-state index in [-0.39, 0.29) is 6.61 Å². The second-order valence-electron chi connectivity index (χ2n) is 6.01. The molecule has 0 heterocycles. The highest BCUT2D eigenvalue weighted by atomic mass is 79.9. The van der Waals surface area contributed by atoms with E-state index < -0.39 is 0 Å². The summed E-state index contributed by atoms with van der Waals surface area (Å²) >= 11 is 16.0. The van der Waals surface area contributed by atoms with Crippen LogP contribution in [-0.4, -0.2) is 6.21 Å². The van der Waals surface area contributed by atoms with Gasteiger partial charge in [0.2, 0.25) is 0 Å². The number of nitriles is 1. The SMILES string of the molecule is N#Cc1ccccc1CO/N=C\c1cc(Cl)c(OCc2ccc(Br)cc2)c(Cl)c1. The Morgan fingerprint density at radius 2 is 1.69 bits per heavy atom. The van der Waals surface area contributed by atoms with Crippen molar-refractivity contribution in [1.29, 1.82) is 5.26 Å². The first-order valence-corrected chi connectivity index (χ1v) is 10.1. The van der Waals surface area contributed by atoms with Gasteiger partial charge in [-0.3, -0.25) is 0 Å². The molecule has 0 radical (unpaired) electrons. The van der Waals surface area contributed by atoms with Crippen molar-refractivity contribution in [3.63, 3.8) is 0 Å². The molecule has 0 aliphatic carbocycles. The third-order valence-electron chi connectivity index (χ3n) is 3.95. The van der Waals surface area contributed by atoms with Crippen molar-refractivity contribution in [2.75, 3.05) is 0 Å². The molecular weight excluding hydrogens is 475 g/mol. The van der Waals surface area contributed by atoms with Gasteiger partial charge in [-0.05, 0) is 41.5 Å². The molecule has 0 atom stereocenters. The molecule has 0 N–H and O–H groups in total. The van der Waals surface area contributed by atoms with Crippen LogP contribution in [0, 0.1) is 11.3 Å². The number of nitrogens with zero attached hydrogens (tertiary/aromatic N) is 2. The van der Waals surface area contributed by atoms with Crippen LogP contribution in [0.15, 0.2) is 70.3 Å². The molecule has 0 saturated carbocycles. The van der Waals surface area contributed by atoms with Crippen molar-refractivity contribution in [3.05, 3.63) is 97.4 Å². The molecule has 7 heteroatoms. The molecule has 0 spiro atoms. The molecule has 0 saturated heterocycles. The zero-order chi connectivity index (χ0) is 20.6. The molecular formula is C22H15BrCl2N2O2. The van der Waals surface area contributed by atoms with Gasteiger partial charge in [-0.25, -0.2) is 0 Å². The van der Waals surface area contributed by atoms with Crippen LogP contribution in [0.2, 0.25) is 10.0 Å². The molecule has 4 nitrogen and oxygen atoms in total. The minimum absolute atomic E-state index is 0.191. The highest BCUT2D eigenvalue weighted by Crippen LogP contribution is 2.34. The first-order valence-electron chi connectivity index (χ1n) is 8.56. The molecule has 0 aromatic heterocycles. The molecule has 0 bridgehead atoms. The van der Waals surface area contributed by atoms with E-state index in [4.69, 9.17) is 38.0 Å². The first kappa shape index (κ1) is 21.2. The van der Waals surface area contributed by atoms with Gasteiger partial charge in [0.1, 0.15) is 13.2 Å². The van der Waals surface area contributed by atoms with Gasteiger partial charge in [-0.1, -0.05) is 74.6 Å². The Kier molecular flexibility index (Phi) is 7.54. The minimum atomic E-state index is 0.191. The van der Waals surface area contributed by atoms with Crippen LogP contribution in [0.25, 0.3) is 0 Å². The fraction of sp³-hybridized carbons (Fsp3) is 0.0909. The van der Waals surface area contributed by atoms with Gasteiger partial charge in [0.15, 0.2) is 5.75 Å². The molecule has 0 unspecified atom stereocenters. The van der Waals surface area contributed by atoms with Gasteiger partial charge in [-0.15, -0.1) is 0 Å². The summed E-state index contributed by atoms with van der Waals surface area (Å²) in [5.41, 5.74) is 2.99. The Balaban J connectivity index is 1.61. The Hall–Kier alpha value is -2.52. The van der Waals surface area contributed by atoms with Gasteiger partial charge in [-0.2, -0.15) is 5.26 Å². The third kappa shape index (κ3) is 5.98. The summed E-state index contributed by atoms with van der Waals surface area (Å²) in [6.07, 6.45) is 1.51. The second-order valence-corrected chi connectivity index (χ2v) is 7.74. The zero-order valence-electron chi connectivity index (χ0n) is 15.1. The number of ether oxygens (including phenoxy) is 1. The van der Waals surface area contributed by atoms with Crippen LogP contribution in [0.3, 0.4) is 0 Å². The van der Waals surface area contributed by atoms with Crippen molar-refractivity contribution in [3.8, 4) is 11.8 Å². The summed E-state index contributed by atoms with van der Waals surface area (Å²) in [6, 6.07) is 20.5. The largest absolute Gasteiger partial charge is 0.486 e. The topological polar surface area (TPSA) is 54.6 Å². The van der Waals surface area contributed by atoms with E-state index in [9.17, 15) is 0 Å². The quantitative estimate of drug-likeness (QED) is 0.272. The lowest BCUT2D eigenvalue weighted by atomic mass is 10.1. The summed E-state index contributed by atoms with van der Waals surface area (Å²) in [7, 11) is 0. The molecule has 0 aliphatic rings. The fourth-order valence-corrected chi connectivity index (χ4v) is 3.37. The maximum absolute atomic E-state index is 9.08. The summed E-state index contributed by atoms with van der Waals surface area (Å²) in [5, 5.41) is 13.8. The molecule has 0 fully saturated rings. The monoisotopic (exact) mass is 488 g/mol. The van der Waals surface area contributed by atoms with E-state index >= 15 is 0 Å². The molecule has 29 heavy (non-hydrogen) atoms. The zero-order valence-corrected chi connectivity index (χ0v) is 18.2. The minimum Gasteiger partial charge on any atom is -0.486 e. The van der Waals surface area contributed by atoms with Crippen molar-refractivity contribution < 1.29 is 9.57 Å². The number of hydrogen-bond acceptors (Lipinski definition) is 4. The Bertz CT molecular complexity index is 1040. The normalized spacial score (nSPS) is 10.7. The van der Waals surface area contributed by atoms with Crippen LogP contribution in [0.5, 0.6) is 5.75 Å². The van der Waals surface area contributed by atoms with E-state index in [0.29, 0.717) is 33.5 Å². The van der Waals surface area contributed by atoms with Crippen LogP contribution >= 0.6 is 39.1 Å². The summed E-state index contributed by atoms with van der Waals surface area (Å²) in [4.78, 5) is 5.29. The Morgan fingerprint density at radius 1 is 1.00 bits per heavy atom. The van der Waals surface area contributed by atoms with Crippen molar-refractivity contribution >= 4 is 45.3 Å². The highest BCUT2D eigenvalue weighted by Gasteiger charge is 2.10. The van der Waals surface area contributed by atoms with E-state index in [0.717, 1.165) is 15.6 Å². The van der Waals surface area contributed by atoms with E-state index in [1.54, 1.807) is 24.3 Å². The third-order valence-corrected chi connectivity index (χ3v) is 5.04. The van der Waals surface area contributed by atoms with Crippen LogP contribution < -0.4 is 4.74 Å². The number of rotatable bonds is 7. The predicted molar refractivity (Wildman–Crippen MR) is 118 cm³/mol. The first-order chi connectivity index (χ1) is 14.1. The molecule has 0 amide bonds. The smallest absolute Gasteiger partial charge is 0.157 e. The van der Waals surface area contributed by atoms with Gasteiger partial charge in [0, 0.05) is 10.0 Å². The molecule has 3 aromatic carbocycles. The number of oxime groups is 1. The lowest BCUT2D eigenvalue weighted by Crippen LogP contribution is -1.97. The number of halogens is 3. The predicted octanol–water partition coefficient (Wildman–Crippen LogP) is 6.76. The van der Waals surface area contributed by atoms with Crippen LogP contribution in [-0.2, 0) is 18.1 Å².